The minimum Gasteiger partial charge on any atom is -0.497 e. The molecule has 7 heteroatoms. The molecule has 0 amide bonds. The molecule has 0 radical (unpaired) electrons. The number of aromatic amines is 1. The van der Waals surface area contributed by atoms with Crippen LogP contribution in [0.4, 0.5) is 11.6 Å². The zero-order valence-corrected chi connectivity index (χ0v) is 13.0. The van der Waals surface area contributed by atoms with Gasteiger partial charge in [-0.15, -0.1) is 0 Å². The molecule has 1 aromatic carbocycles. The summed E-state index contributed by atoms with van der Waals surface area (Å²) < 4.78 is 5.26. The number of piperazine rings is 1. The SMILES string of the molecule is COc1cccc(N2CCN(c3ncc(Cl)c(=O)[nH]3)CC2)c1. The number of halogens is 1. The van der Waals surface area contributed by atoms with Gasteiger partial charge in [0.25, 0.3) is 5.56 Å². The van der Waals surface area contributed by atoms with Gasteiger partial charge in [-0.3, -0.25) is 9.78 Å². The van der Waals surface area contributed by atoms with Crippen LogP contribution in [0.15, 0.2) is 35.3 Å². The van der Waals surface area contributed by atoms with Crippen LogP contribution in [0, 0.1) is 0 Å². The molecule has 0 spiro atoms. The van der Waals surface area contributed by atoms with Gasteiger partial charge in [0.05, 0.1) is 13.3 Å². The van der Waals surface area contributed by atoms with E-state index in [1.807, 2.05) is 18.2 Å². The van der Waals surface area contributed by atoms with Crippen molar-refractivity contribution in [1.82, 2.24) is 9.97 Å². The summed E-state index contributed by atoms with van der Waals surface area (Å²) in [5, 5.41) is 0.110. The van der Waals surface area contributed by atoms with Crippen LogP contribution in [0.5, 0.6) is 5.75 Å². The van der Waals surface area contributed by atoms with E-state index in [1.165, 1.54) is 6.20 Å². The quantitative estimate of drug-likeness (QED) is 0.933. The molecule has 1 aromatic heterocycles. The molecule has 1 N–H and O–H groups in total. The van der Waals surface area contributed by atoms with E-state index < -0.39 is 0 Å². The Morgan fingerprint density at radius 3 is 2.64 bits per heavy atom. The van der Waals surface area contributed by atoms with Crippen LogP contribution in [-0.4, -0.2) is 43.3 Å². The Balaban J connectivity index is 1.69. The molecule has 22 heavy (non-hydrogen) atoms. The highest BCUT2D eigenvalue weighted by Gasteiger charge is 2.19. The lowest BCUT2D eigenvalue weighted by molar-refractivity contribution is 0.414. The van der Waals surface area contributed by atoms with Gasteiger partial charge in [-0.05, 0) is 12.1 Å². The highest BCUT2D eigenvalue weighted by Crippen LogP contribution is 2.22. The fourth-order valence-electron chi connectivity index (χ4n) is 2.51. The number of benzene rings is 1. The average Bonchev–Trinajstić information content (AvgIpc) is 2.57. The number of nitrogens with zero attached hydrogens (tertiary/aromatic N) is 3. The summed E-state index contributed by atoms with van der Waals surface area (Å²) in [5.41, 5.74) is 0.832. The van der Waals surface area contributed by atoms with E-state index in [2.05, 4.69) is 25.8 Å². The molecule has 1 saturated heterocycles. The second kappa shape index (κ2) is 6.27. The van der Waals surface area contributed by atoms with Gasteiger partial charge in [0.2, 0.25) is 5.95 Å². The van der Waals surface area contributed by atoms with Crippen molar-refractivity contribution in [3.05, 3.63) is 45.8 Å². The molecule has 116 valence electrons. The van der Waals surface area contributed by atoms with E-state index in [1.54, 1.807) is 7.11 Å². The molecule has 0 saturated carbocycles. The van der Waals surface area contributed by atoms with Crippen molar-refractivity contribution >= 4 is 23.2 Å². The van der Waals surface area contributed by atoms with Gasteiger partial charge in [-0.2, -0.15) is 0 Å². The largest absolute Gasteiger partial charge is 0.497 e. The first-order valence-electron chi connectivity index (χ1n) is 7.06. The van der Waals surface area contributed by atoms with Crippen LogP contribution in [-0.2, 0) is 0 Å². The molecule has 1 aliphatic rings. The first kappa shape index (κ1) is 14.7. The van der Waals surface area contributed by atoms with Crippen molar-refractivity contribution in [2.45, 2.75) is 0 Å². The zero-order valence-electron chi connectivity index (χ0n) is 12.3. The summed E-state index contributed by atoms with van der Waals surface area (Å²) in [6.07, 6.45) is 1.39. The van der Waals surface area contributed by atoms with E-state index in [0.29, 0.717) is 5.95 Å². The van der Waals surface area contributed by atoms with E-state index in [9.17, 15) is 4.79 Å². The van der Waals surface area contributed by atoms with Crippen molar-refractivity contribution in [1.29, 1.82) is 0 Å². The number of rotatable bonds is 3. The summed E-state index contributed by atoms with van der Waals surface area (Å²) in [6.45, 7) is 3.25. The first-order chi connectivity index (χ1) is 10.7. The van der Waals surface area contributed by atoms with Crippen LogP contribution in [0.3, 0.4) is 0 Å². The highest BCUT2D eigenvalue weighted by atomic mass is 35.5. The topological polar surface area (TPSA) is 61.5 Å². The molecule has 6 nitrogen and oxygen atoms in total. The Bertz CT molecular complexity index is 711. The van der Waals surface area contributed by atoms with Gasteiger partial charge < -0.3 is 14.5 Å². The fraction of sp³-hybridized carbons (Fsp3) is 0.333. The van der Waals surface area contributed by atoms with E-state index in [0.717, 1.165) is 37.6 Å². The maximum Gasteiger partial charge on any atom is 0.271 e. The second-order valence-corrected chi connectivity index (χ2v) is 5.47. The molecule has 0 unspecified atom stereocenters. The standard InChI is InChI=1S/C15H17ClN4O2/c1-22-12-4-2-3-11(9-12)19-5-7-20(8-6-19)15-17-10-13(16)14(21)18-15/h2-4,9-10H,5-8H2,1H3,(H,17,18,21). The number of H-pyrrole nitrogens is 1. The van der Waals surface area contributed by atoms with Crippen molar-refractivity contribution in [2.75, 3.05) is 43.1 Å². The molecule has 1 fully saturated rings. The number of aromatic nitrogens is 2. The molecule has 3 rings (SSSR count). The maximum atomic E-state index is 11.6. The van der Waals surface area contributed by atoms with Gasteiger partial charge in [-0.25, -0.2) is 4.98 Å². The van der Waals surface area contributed by atoms with Crippen molar-refractivity contribution in [2.24, 2.45) is 0 Å². The Morgan fingerprint density at radius 2 is 1.95 bits per heavy atom. The average molecular weight is 321 g/mol. The number of anilines is 2. The van der Waals surface area contributed by atoms with E-state index in [-0.39, 0.29) is 10.6 Å². The third kappa shape index (κ3) is 3.01. The van der Waals surface area contributed by atoms with Gasteiger partial charge >= 0.3 is 0 Å². The van der Waals surface area contributed by atoms with Crippen LogP contribution < -0.4 is 20.1 Å². The van der Waals surface area contributed by atoms with E-state index in [4.69, 9.17) is 16.3 Å². The third-order valence-corrected chi connectivity index (χ3v) is 4.01. The number of hydrogen-bond donors (Lipinski definition) is 1. The number of hydrogen-bond acceptors (Lipinski definition) is 5. The number of methoxy groups -OCH3 is 1. The summed E-state index contributed by atoms with van der Waals surface area (Å²) in [6, 6.07) is 8.01. The van der Waals surface area contributed by atoms with Gasteiger partial charge in [-0.1, -0.05) is 17.7 Å². The Hall–Kier alpha value is -2.21. The van der Waals surface area contributed by atoms with Gasteiger partial charge in [0.1, 0.15) is 10.8 Å². The molecular formula is C15H17ClN4O2. The number of nitrogens with one attached hydrogen (secondary N) is 1. The predicted molar refractivity (Wildman–Crippen MR) is 87.3 cm³/mol. The Kier molecular flexibility index (Phi) is 4.20. The molecule has 2 heterocycles. The molecular weight excluding hydrogens is 304 g/mol. The normalized spacial score (nSPS) is 15.0. The zero-order chi connectivity index (χ0) is 15.5. The van der Waals surface area contributed by atoms with Crippen molar-refractivity contribution in [3.63, 3.8) is 0 Å². The minimum absolute atomic E-state index is 0.110. The molecule has 1 aliphatic heterocycles. The summed E-state index contributed by atoms with van der Waals surface area (Å²) in [7, 11) is 1.67. The lowest BCUT2D eigenvalue weighted by Crippen LogP contribution is -2.47. The summed E-state index contributed by atoms with van der Waals surface area (Å²) in [5.74, 6) is 1.42. The summed E-state index contributed by atoms with van der Waals surface area (Å²) >= 11 is 5.71. The van der Waals surface area contributed by atoms with Gasteiger partial charge in [0, 0.05) is 37.9 Å². The third-order valence-electron chi connectivity index (χ3n) is 3.74. The van der Waals surface area contributed by atoms with Crippen molar-refractivity contribution < 1.29 is 4.74 Å². The molecule has 0 bridgehead atoms. The maximum absolute atomic E-state index is 11.6. The predicted octanol–water partition coefficient (Wildman–Crippen LogP) is 1.76. The Morgan fingerprint density at radius 1 is 1.23 bits per heavy atom. The van der Waals surface area contributed by atoms with Crippen LogP contribution >= 0.6 is 11.6 Å². The second-order valence-electron chi connectivity index (χ2n) is 5.06. The highest BCUT2D eigenvalue weighted by molar-refractivity contribution is 6.30. The monoisotopic (exact) mass is 320 g/mol. The van der Waals surface area contributed by atoms with Crippen molar-refractivity contribution in [3.8, 4) is 5.75 Å². The van der Waals surface area contributed by atoms with Gasteiger partial charge in [0.15, 0.2) is 0 Å². The summed E-state index contributed by atoms with van der Waals surface area (Å²) in [4.78, 5) is 22.8. The molecule has 0 atom stereocenters. The minimum atomic E-state index is -0.304. The Labute approximate surface area is 133 Å². The molecule has 2 aromatic rings. The molecule has 0 aliphatic carbocycles. The number of ether oxygens (including phenoxy) is 1. The first-order valence-corrected chi connectivity index (χ1v) is 7.44. The van der Waals surface area contributed by atoms with Crippen LogP contribution in [0.25, 0.3) is 0 Å². The van der Waals surface area contributed by atoms with E-state index >= 15 is 0 Å². The smallest absolute Gasteiger partial charge is 0.271 e. The fourth-order valence-corrected chi connectivity index (χ4v) is 2.61. The van der Waals surface area contributed by atoms with Crippen LogP contribution in [0.2, 0.25) is 5.02 Å². The van der Waals surface area contributed by atoms with Crippen LogP contribution in [0.1, 0.15) is 0 Å². The lowest BCUT2D eigenvalue weighted by atomic mass is 10.2. The lowest BCUT2D eigenvalue weighted by Gasteiger charge is -2.36.